The van der Waals surface area contributed by atoms with Gasteiger partial charge in [0.15, 0.2) is 0 Å². The van der Waals surface area contributed by atoms with Crippen molar-refractivity contribution in [3.05, 3.63) is 0 Å². The third-order valence-corrected chi connectivity index (χ3v) is 5.77. The molecule has 1 saturated carbocycles. The minimum atomic E-state index is -0.754. The van der Waals surface area contributed by atoms with E-state index in [0.29, 0.717) is 25.4 Å². The fourth-order valence-electron chi connectivity index (χ4n) is 3.95. The van der Waals surface area contributed by atoms with Crippen molar-refractivity contribution in [2.45, 2.75) is 51.5 Å². The first kappa shape index (κ1) is 17.7. The topological polar surface area (TPSA) is 61.9 Å². The van der Waals surface area contributed by atoms with Crippen molar-refractivity contribution >= 4 is 11.8 Å². The van der Waals surface area contributed by atoms with Crippen molar-refractivity contribution in [2.24, 2.45) is 5.41 Å². The highest BCUT2D eigenvalue weighted by Crippen LogP contribution is 2.48. The number of hydrogen-bond donors (Lipinski definition) is 1. The van der Waals surface area contributed by atoms with Gasteiger partial charge in [-0.3, -0.25) is 14.5 Å². The Labute approximate surface area is 144 Å². The van der Waals surface area contributed by atoms with Gasteiger partial charge in [0.05, 0.1) is 13.2 Å². The Bertz CT molecular complexity index is 458. The van der Waals surface area contributed by atoms with E-state index in [0.717, 1.165) is 58.7 Å². The molecule has 2 aliphatic heterocycles. The van der Waals surface area contributed by atoms with Crippen LogP contribution in [-0.4, -0.2) is 73.6 Å². The van der Waals surface area contributed by atoms with E-state index in [1.807, 2.05) is 4.90 Å². The molecule has 0 spiro atoms. The molecule has 1 atom stereocenters. The van der Waals surface area contributed by atoms with Gasteiger partial charge in [0.2, 0.25) is 11.8 Å². The molecular formula is C18H31N3O3. The molecule has 1 aliphatic carbocycles. The molecule has 2 heterocycles. The fourth-order valence-corrected chi connectivity index (χ4v) is 3.95. The molecular weight excluding hydrogens is 306 g/mol. The summed E-state index contributed by atoms with van der Waals surface area (Å²) in [6.45, 7) is 7.79. The van der Waals surface area contributed by atoms with Crippen LogP contribution < -0.4 is 5.32 Å². The lowest BCUT2D eigenvalue weighted by Crippen LogP contribution is -2.51. The summed E-state index contributed by atoms with van der Waals surface area (Å²) < 4.78 is 5.33. The number of amides is 2. The lowest BCUT2D eigenvalue weighted by Gasteiger charge is -2.37. The van der Waals surface area contributed by atoms with E-state index >= 15 is 0 Å². The van der Waals surface area contributed by atoms with Crippen LogP contribution >= 0.6 is 0 Å². The lowest BCUT2D eigenvalue weighted by atomic mass is 9.95. The van der Waals surface area contributed by atoms with Crippen molar-refractivity contribution < 1.29 is 14.3 Å². The number of nitrogens with zero attached hydrogens (tertiary/aromatic N) is 2. The number of likely N-dealkylation sites (tertiary alicyclic amines) is 1. The van der Waals surface area contributed by atoms with Gasteiger partial charge in [-0.1, -0.05) is 6.92 Å². The Hall–Kier alpha value is -1.14. The number of rotatable bonds is 6. The Morgan fingerprint density at radius 2 is 1.92 bits per heavy atom. The number of hydrogen-bond acceptors (Lipinski definition) is 4. The number of ether oxygens (including phenoxy) is 1. The molecule has 6 nitrogen and oxygen atoms in total. The van der Waals surface area contributed by atoms with Gasteiger partial charge in [-0.25, -0.2) is 0 Å². The largest absolute Gasteiger partial charge is 0.379 e. The standard InChI is InChI=1S/C18H31N3O3/c1-2-15-5-3-4-9-21(15)17(23)18(6-7-18)16(22)19-8-10-20-11-13-24-14-12-20/h15H,2-14H2,1H3,(H,19,22). The maximum absolute atomic E-state index is 13.0. The third kappa shape index (κ3) is 3.75. The van der Waals surface area contributed by atoms with Crippen LogP contribution in [0.2, 0.25) is 0 Å². The summed E-state index contributed by atoms with van der Waals surface area (Å²) in [5.74, 6) is 0.0270. The van der Waals surface area contributed by atoms with Gasteiger partial charge in [0, 0.05) is 38.8 Å². The van der Waals surface area contributed by atoms with Crippen LogP contribution in [0.25, 0.3) is 0 Å². The van der Waals surface area contributed by atoms with E-state index in [-0.39, 0.29) is 11.8 Å². The van der Waals surface area contributed by atoms with Crippen molar-refractivity contribution in [3.8, 4) is 0 Å². The maximum Gasteiger partial charge on any atom is 0.238 e. The minimum Gasteiger partial charge on any atom is -0.379 e. The van der Waals surface area contributed by atoms with E-state index in [1.165, 1.54) is 6.42 Å². The van der Waals surface area contributed by atoms with Crippen LogP contribution in [0.15, 0.2) is 0 Å². The smallest absolute Gasteiger partial charge is 0.238 e. The van der Waals surface area contributed by atoms with Crippen molar-refractivity contribution in [2.75, 3.05) is 45.9 Å². The quantitative estimate of drug-likeness (QED) is 0.735. The first-order chi connectivity index (χ1) is 11.7. The zero-order valence-corrected chi connectivity index (χ0v) is 14.9. The number of morpholine rings is 1. The zero-order valence-electron chi connectivity index (χ0n) is 14.9. The summed E-state index contributed by atoms with van der Waals surface area (Å²) in [5, 5.41) is 3.02. The van der Waals surface area contributed by atoms with Crippen LogP contribution in [0.4, 0.5) is 0 Å². The Balaban J connectivity index is 1.50. The Morgan fingerprint density at radius 3 is 2.58 bits per heavy atom. The second-order valence-corrected chi connectivity index (χ2v) is 7.35. The molecule has 0 aromatic carbocycles. The van der Waals surface area contributed by atoms with Gasteiger partial charge >= 0.3 is 0 Å². The number of carbonyl (C=O) groups excluding carboxylic acids is 2. The van der Waals surface area contributed by atoms with Crippen LogP contribution in [0, 0.1) is 5.41 Å². The maximum atomic E-state index is 13.0. The zero-order chi connectivity index (χ0) is 17.0. The number of nitrogens with one attached hydrogen (secondary N) is 1. The van der Waals surface area contributed by atoms with Crippen LogP contribution in [-0.2, 0) is 14.3 Å². The van der Waals surface area contributed by atoms with Crippen LogP contribution in [0.5, 0.6) is 0 Å². The summed E-state index contributed by atoms with van der Waals surface area (Å²) in [6, 6.07) is 0.324. The van der Waals surface area contributed by atoms with Gasteiger partial charge in [-0.15, -0.1) is 0 Å². The molecule has 3 aliphatic rings. The average molecular weight is 337 g/mol. The number of piperidine rings is 1. The van der Waals surface area contributed by atoms with Crippen LogP contribution in [0.3, 0.4) is 0 Å². The average Bonchev–Trinajstić information content (AvgIpc) is 3.44. The minimum absolute atomic E-state index is 0.0545. The van der Waals surface area contributed by atoms with Gasteiger partial charge in [0.1, 0.15) is 5.41 Å². The predicted octanol–water partition coefficient (Wildman–Crippen LogP) is 1.01. The lowest BCUT2D eigenvalue weighted by molar-refractivity contribution is -0.147. The number of carbonyl (C=O) groups is 2. The van der Waals surface area contributed by atoms with E-state index in [9.17, 15) is 9.59 Å². The van der Waals surface area contributed by atoms with E-state index in [2.05, 4.69) is 17.1 Å². The second kappa shape index (κ2) is 7.83. The summed E-state index contributed by atoms with van der Waals surface area (Å²) in [7, 11) is 0. The molecule has 1 N–H and O–H groups in total. The van der Waals surface area contributed by atoms with E-state index in [4.69, 9.17) is 4.74 Å². The Morgan fingerprint density at radius 1 is 1.17 bits per heavy atom. The highest BCUT2D eigenvalue weighted by Gasteiger charge is 2.58. The van der Waals surface area contributed by atoms with Crippen molar-refractivity contribution in [1.82, 2.24) is 15.1 Å². The molecule has 0 radical (unpaired) electrons. The molecule has 2 saturated heterocycles. The second-order valence-electron chi connectivity index (χ2n) is 7.35. The van der Waals surface area contributed by atoms with E-state index < -0.39 is 5.41 Å². The summed E-state index contributed by atoms with van der Waals surface area (Å²) >= 11 is 0. The monoisotopic (exact) mass is 337 g/mol. The van der Waals surface area contributed by atoms with Crippen molar-refractivity contribution in [3.63, 3.8) is 0 Å². The molecule has 3 rings (SSSR count). The van der Waals surface area contributed by atoms with Gasteiger partial charge in [-0.05, 0) is 38.5 Å². The van der Waals surface area contributed by atoms with Gasteiger partial charge in [-0.2, -0.15) is 0 Å². The Kier molecular flexibility index (Phi) is 5.76. The first-order valence-electron chi connectivity index (χ1n) is 9.57. The molecule has 0 bridgehead atoms. The SMILES string of the molecule is CCC1CCCCN1C(=O)C1(C(=O)NCCN2CCOCC2)CC1. The predicted molar refractivity (Wildman–Crippen MR) is 91.6 cm³/mol. The molecule has 1 unspecified atom stereocenters. The van der Waals surface area contributed by atoms with Gasteiger partial charge in [0.25, 0.3) is 0 Å². The molecule has 24 heavy (non-hydrogen) atoms. The van der Waals surface area contributed by atoms with Crippen LogP contribution in [0.1, 0.15) is 45.4 Å². The van der Waals surface area contributed by atoms with E-state index in [1.54, 1.807) is 0 Å². The molecule has 136 valence electrons. The molecule has 6 heteroatoms. The first-order valence-corrected chi connectivity index (χ1v) is 9.57. The van der Waals surface area contributed by atoms with Gasteiger partial charge < -0.3 is 15.0 Å². The fraction of sp³-hybridized carbons (Fsp3) is 0.889. The summed E-state index contributed by atoms with van der Waals surface area (Å²) in [6.07, 6.45) is 5.75. The van der Waals surface area contributed by atoms with Crippen molar-refractivity contribution in [1.29, 1.82) is 0 Å². The normalized spacial score (nSPS) is 26.9. The molecule has 3 fully saturated rings. The summed E-state index contributed by atoms with van der Waals surface area (Å²) in [4.78, 5) is 29.9. The molecule has 0 aromatic rings. The summed E-state index contributed by atoms with van der Waals surface area (Å²) in [5.41, 5.74) is -0.754. The highest BCUT2D eigenvalue weighted by atomic mass is 16.5. The highest BCUT2D eigenvalue weighted by molar-refractivity contribution is 6.08. The molecule has 0 aromatic heterocycles. The molecule has 2 amide bonds. The third-order valence-electron chi connectivity index (χ3n) is 5.77.